The van der Waals surface area contributed by atoms with Crippen molar-refractivity contribution in [1.82, 2.24) is 9.88 Å². The van der Waals surface area contributed by atoms with Gasteiger partial charge in [0.15, 0.2) is 0 Å². The van der Waals surface area contributed by atoms with Crippen LogP contribution in [0.5, 0.6) is 0 Å². The SMILES string of the molecule is O=C1CC(O)CN1CCc1ccnc2ccccc12. The average molecular weight is 256 g/mol. The van der Waals surface area contributed by atoms with Gasteiger partial charge in [0.25, 0.3) is 0 Å². The van der Waals surface area contributed by atoms with Gasteiger partial charge in [-0.15, -0.1) is 0 Å². The molecule has 98 valence electrons. The Labute approximate surface area is 111 Å². The number of rotatable bonds is 3. The van der Waals surface area contributed by atoms with Crippen molar-refractivity contribution < 1.29 is 9.90 Å². The van der Waals surface area contributed by atoms with Crippen LogP contribution in [0.1, 0.15) is 12.0 Å². The van der Waals surface area contributed by atoms with Crippen LogP contribution >= 0.6 is 0 Å². The topological polar surface area (TPSA) is 53.4 Å². The van der Waals surface area contributed by atoms with Crippen molar-refractivity contribution in [2.45, 2.75) is 18.9 Å². The highest BCUT2D eigenvalue weighted by molar-refractivity contribution is 5.82. The first-order chi connectivity index (χ1) is 9.24. The predicted octanol–water partition coefficient (Wildman–Crippen LogP) is 1.37. The quantitative estimate of drug-likeness (QED) is 0.902. The summed E-state index contributed by atoms with van der Waals surface area (Å²) in [6.07, 6.45) is 2.36. The number of likely N-dealkylation sites (tertiary alicyclic amines) is 1. The van der Waals surface area contributed by atoms with E-state index in [1.807, 2.05) is 24.3 Å². The van der Waals surface area contributed by atoms with Gasteiger partial charge in [-0.25, -0.2) is 0 Å². The van der Waals surface area contributed by atoms with Crippen LogP contribution in [0.25, 0.3) is 10.9 Å². The molecular formula is C15H16N2O2. The van der Waals surface area contributed by atoms with Gasteiger partial charge in [-0.2, -0.15) is 0 Å². The number of carbonyl (C=O) groups excluding carboxylic acids is 1. The molecule has 1 aromatic carbocycles. The number of hydrogen-bond acceptors (Lipinski definition) is 3. The highest BCUT2D eigenvalue weighted by Gasteiger charge is 2.27. The van der Waals surface area contributed by atoms with Crippen LogP contribution in [0.3, 0.4) is 0 Å². The lowest BCUT2D eigenvalue weighted by atomic mass is 10.1. The number of amides is 1. The maximum atomic E-state index is 11.6. The lowest BCUT2D eigenvalue weighted by molar-refractivity contribution is -0.127. The van der Waals surface area contributed by atoms with Crippen molar-refractivity contribution in [2.75, 3.05) is 13.1 Å². The first-order valence-corrected chi connectivity index (χ1v) is 6.52. The standard InChI is InChI=1S/C15H16N2O2/c18-12-9-15(19)17(10-12)8-6-11-5-7-16-14-4-2-1-3-13(11)14/h1-5,7,12,18H,6,8-10H2. The van der Waals surface area contributed by atoms with E-state index in [9.17, 15) is 9.90 Å². The molecule has 1 aliphatic heterocycles. The van der Waals surface area contributed by atoms with E-state index in [0.717, 1.165) is 17.3 Å². The molecule has 19 heavy (non-hydrogen) atoms. The molecule has 1 atom stereocenters. The number of nitrogens with zero attached hydrogens (tertiary/aromatic N) is 2. The van der Waals surface area contributed by atoms with E-state index in [1.165, 1.54) is 5.56 Å². The van der Waals surface area contributed by atoms with E-state index in [-0.39, 0.29) is 12.3 Å². The summed E-state index contributed by atoms with van der Waals surface area (Å²) < 4.78 is 0. The first-order valence-electron chi connectivity index (χ1n) is 6.52. The molecule has 0 bridgehead atoms. The van der Waals surface area contributed by atoms with Crippen LogP contribution in [-0.4, -0.2) is 40.1 Å². The Morgan fingerprint density at radius 2 is 2.16 bits per heavy atom. The number of aromatic nitrogens is 1. The summed E-state index contributed by atoms with van der Waals surface area (Å²) in [4.78, 5) is 17.7. The lowest BCUT2D eigenvalue weighted by Gasteiger charge is -2.16. The fourth-order valence-electron chi connectivity index (χ4n) is 2.60. The number of benzene rings is 1. The number of fused-ring (bicyclic) bond motifs is 1. The number of carbonyl (C=O) groups is 1. The van der Waals surface area contributed by atoms with Gasteiger partial charge in [0, 0.05) is 24.7 Å². The van der Waals surface area contributed by atoms with E-state index in [2.05, 4.69) is 11.1 Å². The number of hydrogen-bond donors (Lipinski definition) is 1. The minimum atomic E-state index is -0.498. The zero-order chi connectivity index (χ0) is 13.2. The third kappa shape index (κ3) is 2.44. The van der Waals surface area contributed by atoms with Gasteiger partial charge in [-0.1, -0.05) is 18.2 Å². The van der Waals surface area contributed by atoms with Crippen molar-refractivity contribution in [2.24, 2.45) is 0 Å². The summed E-state index contributed by atoms with van der Waals surface area (Å²) >= 11 is 0. The van der Waals surface area contributed by atoms with E-state index >= 15 is 0 Å². The van der Waals surface area contributed by atoms with E-state index in [4.69, 9.17) is 0 Å². The maximum absolute atomic E-state index is 11.6. The number of aliphatic hydroxyl groups excluding tert-OH is 1. The summed E-state index contributed by atoms with van der Waals surface area (Å²) in [5.41, 5.74) is 2.17. The van der Waals surface area contributed by atoms with Gasteiger partial charge >= 0.3 is 0 Å². The van der Waals surface area contributed by atoms with Crippen LogP contribution in [0, 0.1) is 0 Å². The molecule has 3 rings (SSSR count). The molecule has 1 N–H and O–H groups in total. The molecule has 2 heterocycles. The molecule has 1 amide bonds. The van der Waals surface area contributed by atoms with Crippen LogP contribution in [-0.2, 0) is 11.2 Å². The molecule has 1 fully saturated rings. The Morgan fingerprint density at radius 3 is 2.95 bits per heavy atom. The average Bonchev–Trinajstić information content (AvgIpc) is 2.74. The lowest BCUT2D eigenvalue weighted by Crippen LogP contribution is -2.28. The first kappa shape index (κ1) is 12.1. The molecule has 1 aromatic heterocycles. The summed E-state index contributed by atoms with van der Waals surface area (Å²) in [6, 6.07) is 10.0. The Bertz CT molecular complexity index is 607. The maximum Gasteiger partial charge on any atom is 0.225 e. The third-order valence-corrected chi connectivity index (χ3v) is 3.58. The van der Waals surface area contributed by atoms with Crippen LogP contribution in [0.15, 0.2) is 36.5 Å². The van der Waals surface area contributed by atoms with Gasteiger partial charge in [0.1, 0.15) is 0 Å². The number of β-amino-alcohol motifs (C(OH)–C–C–N with tert-alkyl or cyclic N) is 1. The molecule has 0 aliphatic carbocycles. The van der Waals surface area contributed by atoms with Crippen molar-refractivity contribution in [3.8, 4) is 0 Å². The summed E-state index contributed by atoms with van der Waals surface area (Å²) in [7, 11) is 0. The monoisotopic (exact) mass is 256 g/mol. The second-order valence-corrected chi connectivity index (χ2v) is 4.93. The molecule has 0 radical (unpaired) electrons. The van der Waals surface area contributed by atoms with Crippen molar-refractivity contribution in [3.63, 3.8) is 0 Å². The normalized spacial score (nSPS) is 19.3. The highest BCUT2D eigenvalue weighted by Crippen LogP contribution is 2.18. The van der Waals surface area contributed by atoms with E-state index < -0.39 is 6.10 Å². The number of pyridine rings is 1. The summed E-state index contributed by atoms with van der Waals surface area (Å²) in [5, 5.41) is 10.6. The Morgan fingerprint density at radius 1 is 1.32 bits per heavy atom. The molecule has 0 spiro atoms. The van der Waals surface area contributed by atoms with Crippen molar-refractivity contribution in [3.05, 3.63) is 42.1 Å². The molecule has 2 aromatic rings. The molecule has 1 saturated heterocycles. The van der Waals surface area contributed by atoms with Crippen LogP contribution < -0.4 is 0 Å². The molecule has 0 saturated carbocycles. The van der Waals surface area contributed by atoms with E-state index in [0.29, 0.717) is 13.1 Å². The fourth-order valence-corrected chi connectivity index (χ4v) is 2.60. The van der Waals surface area contributed by atoms with Gasteiger partial charge in [0.2, 0.25) is 5.91 Å². The second-order valence-electron chi connectivity index (χ2n) is 4.93. The Kier molecular flexibility index (Phi) is 3.17. The van der Waals surface area contributed by atoms with Crippen LogP contribution in [0.4, 0.5) is 0 Å². The van der Waals surface area contributed by atoms with Gasteiger partial charge < -0.3 is 10.0 Å². The van der Waals surface area contributed by atoms with Crippen molar-refractivity contribution in [1.29, 1.82) is 0 Å². The van der Waals surface area contributed by atoms with Gasteiger partial charge in [-0.05, 0) is 24.1 Å². The second kappa shape index (κ2) is 4.97. The molecule has 1 unspecified atom stereocenters. The molecule has 4 heteroatoms. The molecule has 4 nitrogen and oxygen atoms in total. The largest absolute Gasteiger partial charge is 0.391 e. The summed E-state index contributed by atoms with van der Waals surface area (Å²) in [6.45, 7) is 1.12. The minimum Gasteiger partial charge on any atom is -0.391 e. The van der Waals surface area contributed by atoms with Gasteiger partial charge in [0.05, 0.1) is 18.0 Å². The summed E-state index contributed by atoms with van der Waals surface area (Å²) in [5.74, 6) is 0.0471. The number of aliphatic hydroxyl groups is 1. The van der Waals surface area contributed by atoms with Crippen LogP contribution in [0.2, 0.25) is 0 Å². The smallest absolute Gasteiger partial charge is 0.225 e. The zero-order valence-corrected chi connectivity index (χ0v) is 10.6. The minimum absolute atomic E-state index is 0.0471. The molecular weight excluding hydrogens is 240 g/mol. The Hall–Kier alpha value is -1.94. The molecule has 1 aliphatic rings. The Balaban J connectivity index is 1.77. The van der Waals surface area contributed by atoms with Crippen molar-refractivity contribution >= 4 is 16.8 Å². The third-order valence-electron chi connectivity index (χ3n) is 3.58. The van der Waals surface area contributed by atoms with E-state index in [1.54, 1.807) is 11.1 Å². The highest BCUT2D eigenvalue weighted by atomic mass is 16.3. The predicted molar refractivity (Wildman–Crippen MR) is 72.7 cm³/mol. The number of para-hydroxylation sites is 1. The fraction of sp³-hybridized carbons (Fsp3) is 0.333. The zero-order valence-electron chi connectivity index (χ0n) is 10.6. The van der Waals surface area contributed by atoms with Gasteiger partial charge in [-0.3, -0.25) is 9.78 Å².